The lowest BCUT2D eigenvalue weighted by atomic mass is 9.95. The molecule has 1 heterocycles. The molecule has 0 bridgehead atoms. The lowest BCUT2D eigenvalue weighted by molar-refractivity contribution is -0.384. The summed E-state index contributed by atoms with van der Waals surface area (Å²) >= 11 is 0. The highest BCUT2D eigenvalue weighted by atomic mass is 16.6. The fraction of sp³-hybridized carbons (Fsp3) is 0.290. The van der Waals surface area contributed by atoms with Crippen LogP contribution in [0.4, 0.5) is 11.4 Å². The number of hydrogen-bond acceptors (Lipinski definition) is 7. The minimum Gasteiger partial charge on any atom is -0.508 e. The SMILES string of the molecule is COc1ccc(C[C@H]2C(=O)N(Cc3ccc(O)cc3)C(C3CCCC3)=CN2c2ccc(C(=O)O)cc2[N+](=O)[O-])cc1. The maximum Gasteiger partial charge on any atom is 0.335 e. The summed E-state index contributed by atoms with van der Waals surface area (Å²) < 4.78 is 5.27. The van der Waals surface area contributed by atoms with Crippen LogP contribution in [0.1, 0.15) is 47.2 Å². The number of carbonyl (C=O) groups is 2. The number of aromatic hydroxyl groups is 1. The van der Waals surface area contributed by atoms with Gasteiger partial charge in [0, 0.05) is 30.3 Å². The summed E-state index contributed by atoms with van der Waals surface area (Å²) in [7, 11) is 1.57. The van der Waals surface area contributed by atoms with Crippen LogP contribution < -0.4 is 9.64 Å². The summed E-state index contributed by atoms with van der Waals surface area (Å²) in [5, 5.41) is 31.4. The zero-order valence-corrected chi connectivity index (χ0v) is 22.6. The molecule has 1 aliphatic carbocycles. The number of methoxy groups -OCH3 is 1. The van der Waals surface area contributed by atoms with E-state index in [4.69, 9.17) is 4.74 Å². The molecule has 10 nitrogen and oxygen atoms in total. The van der Waals surface area contributed by atoms with Gasteiger partial charge >= 0.3 is 5.97 Å². The molecule has 3 aromatic rings. The number of carboxylic acid groups (broad SMARTS) is 1. The number of rotatable bonds is 9. The number of allylic oxidation sites excluding steroid dienone is 1. The highest BCUT2D eigenvalue weighted by Crippen LogP contribution is 2.41. The Morgan fingerprint density at radius 2 is 1.68 bits per heavy atom. The fourth-order valence-electron chi connectivity index (χ4n) is 5.66. The Hall–Kier alpha value is -4.86. The molecule has 1 amide bonds. The maximum atomic E-state index is 14.4. The molecule has 1 atom stereocenters. The van der Waals surface area contributed by atoms with Gasteiger partial charge in [-0.25, -0.2) is 4.79 Å². The number of phenols is 1. The fourth-order valence-corrected chi connectivity index (χ4v) is 5.66. The number of phenolic OH excluding ortho intramolecular Hbond substituents is 1. The van der Waals surface area contributed by atoms with Crippen molar-refractivity contribution in [1.29, 1.82) is 0 Å². The van der Waals surface area contributed by atoms with Gasteiger partial charge in [-0.2, -0.15) is 0 Å². The molecule has 0 spiro atoms. The topological polar surface area (TPSA) is 133 Å². The van der Waals surface area contributed by atoms with E-state index in [0.717, 1.165) is 48.6 Å². The van der Waals surface area contributed by atoms with E-state index in [0.29, 0.717) is 5.75 Å². The number of carbonyl (C=O) groups excluding carboxylic acids is 1. The number of ether oxygens (including phenoxy) is 1. The van der Waals surface area contributed by atoms with Crippen LogP contribution in [-0.4, -0.2) is 45.1 Å². The van der Waals surface area contributed by atoms with E-state index in [1.54, 1.807) is 53.3 Å². The summed E-state index contributed by atoms with van der Waals surface area (Å²) in [5.74, 6) is -0.594. The quantitative estimate of drug-likeness (QED) is 0.260. The predicted molar refractivity (Wildman–Crippen MR) is 152 cm³/mol. The normalized spacial score (nSPS) is 17.4. The van der Waals surface area contributed by atoms with Gasteiger partial charge in [-0.15, -0.1) is 0 Å². The molecule has 0 radical (unpaired) electrons. The molecule has 3 aromatic carbocycles. The van der Waals surface area contributed by atoms with Gasteiger partial charge in [-0.1, -0.05) is 37.1 Å². The first-order valence-electron chi connectivity index (χ1n) is 13.5. The first-order chi connectivity index (χ1) is 19.7. The van der Waals surface area contributed by atoms with Crippen LogP contribution >= 0.6 is 0 Å². The molecular weight excluding hydrogens is 526 g/mol. The van der Waals surface area contributed by atoms with Crippen molar-refractivity contribution in [1.82, 2.24) is 4.90 Å². The molecule has 0 saturated heterocycles. The Balaban J connectivity index is 1.64. The molecule has 2 aliphatic rings. The standard InChI is InChI=1S/C31H31N3O7/c1-41-25-13-8-20(9-14-25)16-28-30(36)33(18-21-6-11-24(35)12-7-21)29(22-4-2-3-5-22)19-32(28)26-15-10-23(31(37)38)17-27(26)34(39)40/h6-15,17,19,22,28,35H,2-5,16,18H2,1H3,(H,37,38)/t28-/m0/s1. The molecule has 1 aliphatic heterocycles. The Bertz CT molecular complexity index is 1480. The van der Waals surface area contributed by atoms with Crippen LogP contribution in [-0.2, 0) is 17.8 Å². The van der Waals surface area contributed by atoms with E-state index in [1.165, 1.54) is 12.1 Å². The van der Waals surface area contributed by atoms with Crippen molar-refractivity contribution >= 4 is 23.3 Å². The zero-order chi connectivity index (χ0) is 29.1. The van der Waals surface area contributed by atoms with Gasteiger partial charge in [0.25, 0.3) is 11.6 Å². The van der Waals surface area contributed by atoms with Gasteiger partial charge < -0.3 is 24.7 Å². The third kappa shape index (κ3) is 5.86. The third-order valence-corrected chi connectivity index (χ3v) is 7.81. The first kappa shape index (κ1) is 27.7. The van der Waals surface area contributed by atoms with Crippen molar-refractivity contribution in [2.75, 3.05) is 12.0 Å². The molecule has 0 aromatic heterocycles. The Kier molecular flexibility index (Phi) is 7.91. The molecule has 0 unspecified atom stereocenters. The van der Waals surface area contributed by atoms with Crippen LogP contribution in [0.2, 0.25) is 0 Å². The van der Waals surface area contributed by atoms with E-state index in [9.17, 15) is 29.9 Å². The second-order valence-electron chi connectivity index (χ2n) is 10.4. The number of carboxylic acids is 1. The van der Waals surface area contributed by atoms with Gasteiger partial charge in [0.1, 0.15) is 23.2 Å². The summed E-state index contributed by atoms with van der Waals surface area (Å²) in [5.41, 5.74) is 2.03. The number of aromatic carboxylic acids is 1. The van der Waals surface area contributed by atoms with Crippen molar-refractivity contribution in [2.45, 2.75) is 44.7 Å². The van der Waals surface area contributed by atoms with E-state index >= 15 is 0 Å². The number of benzene rings is 3. The van der Waals surface area contributed by atoms with E-state index in [-0.39, 0.29) is 47.5 Å². The molecule has 41 heavy (non-hydrogen) atoms. The molecule has 5 rings (SSSR count). The molecular formula is C31H31N3O7. The summed E-state index contributed by atoms with van der Waals surface area (Å²) in [6.07, 6.45) is 5.92. The number of anilines is 1. The van der Waals surface area contributed by atoms with Crippen LogP contribution in [0.15, 0.2) is 78.6 Å². The van der Waals surface area contributed by atoms with Crippen LogP contribution in [0, 0.1) is 16.0 Å². The highest BCUT2D eigenvalue weighted by molar-refractivity contribution is 5.93. The summed E-state index contributed by atoms with van der Waals surface area (Å²) in [6, 6.07) is 17.0. The third-order valence-electron chi connectivity index (χ3n) is 7.81. The molecule has 212 valence electrons. The largest absolute Gasteiger partial charge is 0.508 e. The Morgan fingerprint density at radius 1 is 1.02 bits per heavy atom. The lowest BCUT2D eigenvalue weighted by Gasteiger charge is -2.42. The average Bonchev–Trinajstić information content (AvgIpc) is 3.51. The van der Waals surface area contributed by atoms with E-state index in [1.807, 2.05) is 18.3 Å². The van der Waals surface area contributed by atoms with Crippen LogP contribution in [0.5, 0.6) is 11.5 Å². The van der Waals surface area contributed by atoms with Gasteiger partial charge in [0.05, 0.1) is 24.1 Å². The molecule has 2 N–H and O–H groups in total. The number of hydrogen-bond donors (Lipinski definition) is 2. The lowest BCUT2D eigenvalue weighted by Crippen LogP contribution is -2.53. The minimum absolute atomic E-state index is 0.0952. The molecule has 1 fully saturated rings. The number of nitrogens with zero attached hydrogens (tertiary/aromatic N) is 3. The number of amides is 1. The van der Waals surface area contributed by atoms with Crippen LogP contribution in [0.3, 0.4) is 0 Å². The predicted octanol–water partition coefficient (Wildman–Crippen LogP) is 5.50. The van der Waals surface area contributed by atoms with E-state index in [2.05, 4.69) is 0 Å². The zero-order valence-electron chi connectivity index (χ0n) is 22.6. The molecule has 10 heteroatoms. The monoisotopic (exact) mass is 557 g/mol. The number of nitro groups is 1. The van der Waals surface area contributed by atoms with Crippen molar-refractivity contribution in [3.63, 3.8) is 0 Å². The van der Waals surface area contributed by atoms with Gasteiger partial charge in [0.15, 0.2) is 0 Å². The first-order valence-corrected chi connectivity index (χ1v) is 13.5. The second-order valence-corrected chi connectivity index (χ2v) is 10.4. The van der Waals surface area contributed by atoms with Crippen LogP contribution in [0.25, 0.3) is 0 Å². The van der Waals surface area contributed by atoms with E-state index < -0.39 is 16.9 Å². The second kappa shape index (κ2) is 11.7. The Labute approximate surface area is 237 Å². The van der Waals surface area contributed by atoms with Crippen molar-refractivity contribution in [3.8, 4) is 11.5 Å². The van der Waals surface area contributed by atoms with Gasteiger partial charge in [-0.05, 0) is 60.4 Å². The van der Waals surface area contributed by atoms with Crippen molar-refractivity contribution in [2.24, 2.45) is 5.92 Å². The highest BCUT2D eigenvalue weighted by Gasteiger charge is 2.41. The average molecular weight is 558 g/mol. The van der Waals surface area contributed by atoms with Crippen molar-refractivity contribution < 1.29 is 29.5 Å². The summed E-state index contributed by atoms with van der Waals surface area (Å²) in [4.78, 5) is 41.0. The maximum absolute atomic E-state index is 14.4. The summed E-state index contributed by atoms with van der Waals surface area (Å²) in [6.45, 7) is 0.286. The van der Waals surface area contributed by atoms with Gasteiger partial charge in [0.2, 0.25) is 0 Å². The minimum atomic E-state index is -1.27. The smallest absolute Gasteiger partial charge is 0.335 e. The number of nitro benzene ring substituents is 1. The van der Waals surface area contributed by atoms with Crippen molar-refractivity contribution in [3.05, 3.63) is 105 Å². The Morgan fingerprint density at radius 3 is 2.29 bits per heavy atom. The van der Waals surface area contributed by atoms with Gasteiger partial charge in [-0.3, -0.25) is 14.9 Å². The molecule has 1 saturated carbocycles.